The van der Waals surface area contributed by atoms with Gasteiger partial charge in [0.1, 0.15) is 11.6 Å². The average Bonchev–Trinajstić information content (AvgIpc) is 2.43. The lowest BCUT2D eigenvalue weighted by Crippen LogP contribution is -2.51. The largest absolute Gasteiger partial charge is 0.373 e. The van der Waals surface area contributed by atoms with Crippen molar-refractivity contribution in [1.29, 1.82) is 0 Å². The first-order chi connectivity index (χ1) is 9.62. The zero-order chi connectivity index (χ0) is 14.5. The minimum atomic E-state index is 0.510. The molecule has 1 aliphatic rings. The van der Waals surface area contributed by atoms with Crippen LogP contribution in [0.25, 0.3) is 0 Å². The molecule has 20 heavy (non-hydrogen) atoms. The van der Waals surface area contributed by atoms with Crippen molar-refractivity contribution < 1.29 is 0 Å². The molecule has 5 nitrogen and oxygen atoms in total. The van der Waals surface area contributed by atoms with Crippen LogP contribution in [0.3, 0.4) is 0 Å². The Morgan fingerprint density at radius 1 is 1.30 bits per heavy atom. The molecule has 1 saturated heterocycles. The summed E-state index contributed by atoms with van der Waals surface area (Å²) >= 11 is 0. The third kappa shape index (κ3) is 3.90. The molecule has 1 aromatic rings. The highest BCUT2D eigenvalue weighted by Crippen LogP contribution is 2.14. The summed E-state index contributed by atoms with van der Waals surface area (Å²) < 4.78 is 0. The second kappa shape index (κ2) is 6.99. The van der Waals surface area contributed by atoms with Crippen LogP contribution >= 0.6 is 0 Å². The molecule has 0 amide bonds. The Morgan fingerprint density at radius 2 is 2.10 bits per heavy atom. The van der Waals surface area contributed by atoms with Gasteiger partial charge in [0.25, 0.3) is 0 Å². The summed E-state index contributed by atoms with van der Waals surface area (Å²) in [6.07, 6.45) is 3.06. The Bertz CT molecular complexity index is 434. The average molecular weight is 277 g/mol. The molecule has 0 radical (unpaired) electrons. The van der Waals surface area contributed by atoms with Crippen LogP contribution in [-0.2, 0) is 12.8 Å². The Labute approximate surface area is 122 Å². The summed E-state index contributed by atoms with van der Waals surface area (Å²) in [7, 11) is 6.31. The fourth-order valence-corrected chi connectivity index (χ4v) is 2.69. The van der Waals surface area contributed by atoms with Gasteiger partial charge in [-0.15, -0.1) is 0 Å². The van der Waals surface area contributed by atoms with Crippen LogP contribution in [0, 0.1) is 0 Å². The molecule has 1 unspecified atom stereocenters. The van der Waals surface area contributed by atoms with Crippen LogP contribution in [0.15, 0.2) is 6.07 Å². The third-order valence-corrected chi connectivity index (χ3v) is 3.99. The number of piperazine rings is 1. The molecular weight excluding hydrogens is 250 g/mol. The summed E-state index contributed by atoms with van der Waals surface area (Å²) in [6.45, 7) is 5.54. The van der Waals surface area contributed by atoms with Crippen molar-refractivity contribution in [2.75, 3.05) is 46.1 Å². The van der Waals surface area contributed by atoms with Crippen LogP contribution in [0.2, 0.25) is 0 Å². The van der Waals surface area contributed by atoms with Gasteiger partial charge in [0.2, 0.25) is 0 Å². The van der Waals surface area contributed by atoms with E-state index >= 15 is 0 Å². The summed E-state index contributed by atoms with van der Waals surface area (Å²) in [5.41, 5.74) is 1.15. The van der Waals surface area contributed by atoms with Crippen molar-refractivity contribution in [1.82, 2.24) is 19.8 Å². The molecule has 1 atom stereocenters. The van der Waals surface area contributed by atoms with Gasteiger partial charge in [0.15, 0.2) is 0 Å². The molecule has 0 aliphatic carbocycles. The summed E-state index contributed by atoms with van der Waals surface area (Å²) in [5.74, 6) is 1.90. The van der Waals surface area contributed by atoms with Gasteiger partial charge in [0, 0.05) is 50.9 Å². The van der Waals surface area contributed by atoms with Gasteiger partial charge >= 0.3 is 0 Å². The van der Waals surface area contributed by atoms with E-state index in [1.165, 1.54) is 0 Å². The minimum absolute atomic E-state index is 0.510. The highest BCUT2D eigenvalue weighted by atomic mass is 15.3. The van der Waals surface area contributed by atoms with E-state index in [0.29, 0.717) is 6.04 Å². The molecule has 1 fully saturated rings. The summed E-state index contributed by atoms with van der Waals surface area (Å²) in [6, 6.07) is 2.57. The standard InChI is InChI=1S/C15H27N5/c1-5-6-12-9-14(16-2)18-15(17-12)10-13-11-19(3)7-8-20(13)4/h9,13H,5-8,10-11H2,1-4H3,(H,16,17,18). The van der Waals surface area contributed by atoms with Crippen molar-refractivity contribution in [3.05, 3.63) is 17.6 Å². The number of anilines is 1. The zero-order valence-corrected chi connectivity index (χ0v) is 13.2. The van der Waals surface area contributed by atoms with Gasteiger partial charge in [-0.2, -0.15) is 0 Å². The number of hydrogen-bond donors (Lipinski definition) is 1. The number of likely N-dealkylation sites (N-methyl/N-ethyl adjacent to an activating group) is 2. The van der Waals surface area contributed by atoms with E-state index in [-0.39, 0.29) is 0 Å². The molecule has 0 spiro atoms. The Kier molecular flexibility index (Phi) is 5.31. The maximum absolute atomic E-state index is 4.73. The number of rotatable bonds is 5. The summed E-state index contributed by atoms with van der Waals surface area (Å²) in [5, 5.41) is 3.15. The lowest BCUT2D eigenvalue weighted by molar-refractivity contribution is 0.113. The van der Waals surface area contributed by atoms with E-state index in [2.05, 4.69) is 47.2 Å². The van der Waals surface area contributed by atoms with Crippen molar-refractivity contribution in [2.24, 2.45) is 0 Å². The third-order valence-electron chi connectivity index (χ3n) is 3.99. The predicted molar refractivity (Wildman–Crippen MR) is 83.2 cm³/mol. The molecule has 0 bridgehead atoms. The van der Waals surface area contributed by atoms with Crippen molar-refractivity contribution in [3.8, 4) is 0 Å². The number of nitrogens with zero attached hydrogens (tertiary/aromatic N) is 4. The number of aromatic nitrogens is 2. The fraction of sp³-hybridized carbons (Fsp3) is 0.733. The highest BCUT2D eigenvalue weighted by molar-refractivity contribution is 5.35. The molecule has 1 N–H and O–H groups in total. The minimum Gasteiger partial charge on any atom is -0.373 e. The lowest BCUT2D eigenvalue weighted by Gasteiger charge is -2.37. The highest BCUT2D eigenvalue weighted by Gasteiger charge is 2.23. The van der Waals surface area contributed by atoms with Gasteiger partial charge in [-0.3, -0.25) is 0 Å². The Hall–Kier alpha value is -1.20. The molecule has 1 aliphatic heterocycles. The molecular formula is C15H27N5. The van der Waals surface area contributed by atoms with E-state index in [4.69, 9.17) is 4.98 Å². The first-order valence-corrected chi connectivity index (χ1v) is 7.55. The lowest BCUT2D eigenvalue weighted by atomic mass is 10.1. The second-order valence-electron chi connectivity index (χ2n) is 5.76. The van der Waals surface area contributed by atoms with Crippen LogP contribution in [0.4, 0.5) is 5.82 Å². The van der Waals surface area contributed by atoms with Crippen molar-refractivity contribution in [2.45, 2.75) is 32.2 Å². The Balaban J connectivity index is 2.12. The molecule has 1 aromatic heterocycles. The zero-order valence-electron chi connectivity index (χ0n) is 13.2. The van der Waals surface area contributed by atoms with E-state index in [1.54, 1.807) is 0 Å². The molecule has 0 aromatic carbocycles. The smallest absolute Gasteiger partial charge is 0.132 e. The maximum atomic E-state index is 4.73. The van der Waals surface area contributed by atoms with E-state index in [0.717, 1.165) is 56.2 Å². The molecule has 2 heterocycles. The number of hydrogen-bond acceptors (Lipinski definition) is 5. The molecule has 5 heteroatoms. The SMILES string of the molecule is CCCc1cc(NC)nc(CC2CN(C)CCN2C)n1. The predicted octanol–water partition coefficient (Wildman–Crippen LogP) is 1.26. The van der Waals surface area contributed by atoms with E-state index in [1.807, 2.05) is 7.05 Å². The van der Waals surface area contributed by atoms with Crippen LogP contribution in [0.1, 0.15) is 24.9 Å². The van der Waals surface area contributed by atoms with Crippen molar-refractivity contribution in [3.63, 3.8) is 0 Å². The first-order valence-electron chi connectivity index (χ1n) is 7.55. The quantitative estimate of drug-likeness (QED) is 0.878. The molecule has 2 rings (SSSR count). The van der Waals surface area contributed by atoms with Crippen LogP contribution < -0.4 is 5.32 Å². The van der Waals surface area contributed by atoms with Gasteiger partial charge < -0.3 is 15.1 Å². The monoisotopic (exact) mass is 277 g/mol. The number of aryl methyl sites for hydroxylation is 1. The molecule has 0 saturated carbocycles. The van der Waals surface area contributed by atoms with Gasteiger partial charge in [-0.05, 0) is 20.5 Å². The summed E-state index contributed by atoms with van der Waals surface area (Å²) in [4.78, 5) is 14.2. The van der Waals surface area contributed by atoms with E-state index in [9.17, 15) is 0 Å². The number of nitrogens with one attached hydrogen (secondary N) is 1. The van der Waals surface area contributed by atoms with Crippen molar-refractivity contribution >= 4 is 5.82 Å². The first kappa shape index (κ1) is 15.2. The maximum Gasteiger partial charge on any atom is 0.132 e. The van der Waals surface area contributed by atoms with Gasteiger partial charge in [-0.25, -0.2) is 9.97 Å². The van der Waals surface area contributed by atoms with Crippen LogP contribution in [0.5, 0.6) is 0 Å². The molecule has 112 valence electrons. The van der Waals surface area contributed by atoms with Gasteiger partial charge in [0.05, 0.1) is 0 Å². The topological polar surface area (TPSA) is 44.3 Å². The van der Waals surface area contributed by atoms with Gasteiger partial charge in [-0.1, -0.05) is 13.3 Å². The fourth-order valence-electron chi connectivity index (χ4n) is 2.69. The van der Waals surface area contributed by atoms with Crippen LogP contribution in [-0.4, -0.2) is 66.6 Å². The van der Waals surface area contributed by atoms with E-state index < -0.39 is 0 Å². The second-order valence-corrected chi connectivity index (χ2v) is 5.76. The normalized spacial score (nSPS) is 21.1. The Morgan fingerprint density at radius 3 is 2.80 bits per heavy atom.